The fourth-order valence-corrected chi connectivity index (χ4v) is 2.21. The summed E-state index contributed by atoms with van der Waals surface area (Å²) < 4.78 is 0. The van der Waals surface area contributed by atoms with E-state index in [1.165, 1.54) is 38.5 Å². The van der Waals surface area contributed by atoms with Gasteiger partial charge in [0, 0.05) is 6.42 Å². The predicted molar refractivity (Wildman–Crippen MR) is 91.1 cm³/mol. The van der Waals surface area contributed by atoms with Crippen LogP contribution in [0.2, 0.25) is 0 Å². The smallest absolute Gasteiger partial charge is 0.240 e. The van der Waals surface area contributed by atoms with Gasteiger partial charge in [0.2, 0.25) is 5.91 Å². The van der Waals surface area contributed by atoms with Crippen LogP contribution in [0.5, 0.6) is 5.75 Å². The molecule has 0 aliphatic heterocycles. The number of carbonyl (C=O) groups is 1. The Kier molecular flexibility index (Phi) is 9.75. The number of phenols is 1. The molecule has 0 aliphatic rings. The number of unbranched alkanes of at least 4 members (excludes halogenated alkanes) is 7. The molecule has 0 radical (unpaired) electrons. The fourth-order valence-electron chi connectivity index (χ4n) is 2.21. The summed E-state index contributed by atoms with van der Waals surface area (Å²) in [6.45, 7) is 2.22. The number of benzene rings is 1. The SMILES string of the molecule is CCCCCCCCCCC(=O)NN=Cc1ccc(O)cc1. The Morgan fingerprint density at radius 2 is 1.64 bits per heavy atom. The molecule has 0 saturated carbocycles. The molecule has 2 N–H and O–H groups in total. The van der Waals surface area contributed by atoms with Gasteiger partial charge < -0.3 is 5.11 Å². The molecule has 0 aliphatic carbocycles. The third kappa shape index (κ3) is 9.16. The monoisotopic (exact) mass is 304 g/mol. The summed E-state index contributed by atoms with van der Waals surface area (Å²) in [5.74, 6) is 0.178. The van der Waals surface area contributed by atoms with Crippen molar-refractivity contribution in [2.75, 3.05) is 0 Å². The number of phenolic OH excluding ortho intramolecular Hbond substituents is 1. The summed E-state index contributed by atoms with van der Waals surface area (Å²) in [6.07, 6.45) is 11.9. The van der Waals surface area contributed by atoms with Crippen LogP contribution in [0, 0.1) is 0 Å². The highest BCUT2D eigenvalue weighted by Gasteiger charge is 1.99. The lowest BCUT2D eigenvalue weighted by Crippen LogP contribution is -2.16. The van der Waals surface area contributed by atoms with E-state index in [0.29, 0.717) is 6.42 Å². The van der Waals surface area contributed by atoms with Gasteiger partial charge >= 0.3 is 0 Å². The Labute approximate surface area is 133 Å². The molecular weight excluding hydrogens is 276 g/mol. The van der Waals surface area contributed by atoms with E-state index in [4.69, 9.17) is 5.11 Å². The number of nitrogens with zero attached hydrogens (tertiary/aromatic N) is 1. The van der Waals surface area contributed by atoms with Crippen LogP contribution in [0.25, 0.3) is 0 Å². The van der Waals surface area contributed by atoms with Crippen LogP contribution in [0.15, 0.2) is 29.4 Å². The number of rotatable bonds is 11. The molecule has 0 unspecified atom stereocenters. The minimum atomic E-state index is -0.0407. The quantitative estimate of drug-likeness (QED) is 0.362. The number of hydrogen-bond donors (Lipinski definition) is 2. The largest absolute Gasteiger partial charge is 0.508 e. The molecule has 4 heteroatoms. The number of carbonyl (C=O) groups excluding carboxylic acids is 1. The minimum absolute atomic E-state index is 0.0407. The molecule has 1 aromatic rings. The molecule has 0 saturated heterocycles. The van der Waals surface area contributed by atoms with Crippen LogP contribution >= 0.6 is 0 Å². The Bertz CT molecular complexity index is 441. The van der Waals surface area contributed by atoms with Crippen LogP contribution in [0.3, 0.4) is 0 Å². The van der Waals surface area contributed by atoms with Gasteiger partial charge in [-0.2, -0.15) is 5.10 Å². The number of aromatic hydroxyl groups is 1. The second-order valence-electron chi connectivity index (χ2n) is 5.61. The van der Waals surface area contributed by atoms with Gasteiger partial charge in [-0.05, 0) is 36.2 Å². The van der Waals surface area contributed by atoms with E-state index in [9.17, 15) is 4.79 Å². The second kappa shape index (κ2) is 11.8. The third-order valence-electron chi connectivity index (χ3n) is 3.55. The summed E-state index contributed by atoms with van der Waals surface area (Å²) >= 11 is 0. The van der Waals surface area contributed by atoms with Crippen LogP contribution in [0.4, 0.5) is 0 Å². The molecule has 0 heterocycles. The lowest BCUT2D eigenvalue weighted by atomic mass is 10.1. The Hall–Kier alpha value is -1.84. The average Bonchev–Trinajstić information content (AvgIpc) is 2.52. The van der Waals surface area contributed by atoms with Crippen LogP contribution in [-0.4, -0.2) is 17.2 Å². The van der Waals surface area contributed by atoms with Crippen LogP contribution < -0.4 is 5.43 Å². The van der Waals surface area contributed by atoms with Crippen molar-refractivity contribution in [3.63, 3.8) is 0 Å². The summed E-state index contributed by atoms with van der Waals surface area (Å²) in [6, 6.07) is 6.65. The van der Waals surface area contributed by atoms with Crippen molar-refractivity contribution in [1.29, 1.82) is 0 Å². The first-order chi connectivity index (χ1) is 10.7. The van der Waals surface area contributed by atoms with E-state index >= 15 is 0 Å². The molecule has 0 bridgehead atoms. The van der Waals surface area contributed by atoms with Gasteiger partial charge in [-0.1, -0.05) is 51.9 Å². The van der Waals surface area contributed by atoms with Crippen molar-refractivity contribution in [3.8, 4) is 5.75 Å². The molecule has 1 rings (SSSR count). The standard InChI is InChI=1S/C18H28N2O2/c1-2-3-4-5-6-7-8-9-10-18(22)20-19-15-16-11-13-17(21)14-12-16/h11-15,21H,2-10H2,1H3,(H,20,22). The highest BCUT2D eigenvalue weighted by Crippen LogP contribution is 2.09. The lowest BCUT2D eigenvalue weighted by Gasteiger charge is -2.01. The minimum Gasteiger partial charge on any atom is -0.508 e. The van der Waals surface area contributed by atoms with Crippen molar-refractivity contribution in [3.05, 3.63) is 29.8 Å². The molecule has 22 heavy (non-hydrogen) atoms. The van der Waals surface area contributed by atoms with Crippen molar-refractivity contribution >= 4 is 12.1 Å². The fraction of sp³-hybridized carbons (Fsp3) is 0.556. The maximum atomic E-state index is 11.6. The van der Waals surface area contributed by atoms with Crippen LogP contribution in [0.1, 0.15) is 70.3 Å². The van der Waals surface area contributed by atoms with Gasteiger partial charge in [0.1, 0.15) is 5.75 Å². The van der Waals surface area contributed by atoms with E-state index in [-0.39, 0.29) is 11.7 Å². The van der Waals surface area contributed by atoms with E-state index in [2.05, 4.69) is 17.5 Å². The van der Waals surface area contributed by atoms with Gasteiger partial charge in [-0.15, -0.1) is 0 Å². The summed E-state index contributed by atoms with van der Waals surface area (Å²) in [5, 5.41) is 13.1. The molecule has 0 fully saturated rings. The highest BCUT2D eigenvalue weighted by atomic mass is 16.3. The van der Waals surface area contributed by atoms with E-state index in [0.717, 1.165) is 18.4 Å². The van der Waals surface area contributed by atoms with Crippen molar-refractivity contribution in [2.24, 2.45) is 5.10 Å². The van der Waals surface area contributed by atoms with Crippen molar-refractivity contribution < 1.29 is 9.90 Å². The number of nitrogens with one attached hydrogen (secondary N) is 1. The third-order valence-corrected chi connectivity index (χ3v) is 3.55. The van der Waals surface area contributed by atoms with Crippen molar-refractivity contribution in [1.82, 2.24) is 5.43 Å². The van der Waals surface area contributed by atoms with Crippen molar-refractivity contribution in [2.45, 2.75) is 64.7 Å². The topological polar surface area (TPSA) is 61.7 Å². The second-order valence-corrected chi connectivity index (χ2v) is 5.61. The predicted octanol–water partition coefficient (Wildman–Crippen LogP) is 4.37. The molecule has 1 amide bonds. The molecule has 0 aromatic heterocycles. The molecule has 0 spiro atoms. The Balaban J connectivity index is 2.02. The number of hydrazone groups is 1. The zero-order valence-corrected chi connectivity index (χ0v) is 13.6. The zero-order chi connectivity index (χ0) is 16.0. The maximum absolute atomic E-state index is 11.6. The van der Waals surface area contributed by atoms with Gasteiger partial charge in [-0.25, -0.2) is 5.43 Å². The summed E-state index contributed by atoms with van der Waals surface area (Å²) in [5.41, 5.74) is 3.37. The molecule has 122 valence electrons. The maximum Gasteiger partial charge on any atom is 0.240 e. The van der Waals surface area contributed by atoms with Gasteiger partial charge in [0.05, 0.1) is 6.21 Å². The Morgan fingerprint density at radius 1 is 1.05 bits per heavy atom. The molecule has 4 nitrogen and oxygen atoms in total. The van der Waals surface area contributed by atoms with Gasteiger partial charge in [-0.3, -0.25) is 4.79 Å². The van der Waals surface area contributed by atoms with E-state index < -0.39 is 0 Å². The average molecular weight is 304 g/mol. The van der Waals surface area contributed by atoms with Gasteiger partial charge in [0.15, 0.2) is 0 Å². The Morgan fingerprint density at radius 3 is 2.27 bits per heavy atom. The molecule has 1 aromatic carbocycles. The summed E-state index contributed by atoms with van der Waals surface area (Å²) in [4.78, 5) is 11.6. The summed E-state index contributed by atoms with van der Waals surface area (Å²) in [7, 11) is 0. The van der Waals surface area contributed by atoms with Crippen LogP contribution in [-0.2, 0) is 4.79 Å². The van der Waals surface area contributed by atoms with E-state index in [1.807, 2.05) is 0 Å². The highest BCUT2D eigenvalue weighted by molar-refractivity contribution is 5.82. The normalized spacial score (nSPS) is 11.0. The first kappa shape index (κ1) is 18.2. The lowest BCUT2D eigenvalue weighted by molar-refractivity contribution is -0.121. The van der Waals surface area contributed by atoms with Gasteiger partial charge in [0.25, 0.3) is 0 Å². The molecule has 0 atom stereocenters. The van der Waals surface area contributed by atoms with E-state index in [1.54, 1.807) is 30.5 Å². The first-order valence-corrected chi connectivity index (χ1v) is 8.33. The number of hydrogen-bond acceptors (Lipinski definition) is 3. The first-order valence-electron chi connectivity index (χ1n) is 8.33. The number of amides is 1. The zero-order valence-electron chi connectivity index (χ0n) is 13.6. The molecular formula is C18H28N2O2.